The van der Waals surface area contributed by atoms with Gasteiger partial charge in [-0.1, -0.05) is 0 Å². The zero-order valence-electron chi connectivity index (χ0n) is 11.5. The summed E-state index contributed by atoms with van der Waals surface area (Å²) in [6.07, 6.45) is 2.61. The van der Waals surface area contributed by atoms with Crippen LogP contribution in [0.25, 0.3) is 0 Å². The van der Waals surface area contributed by atoms with Crippen LogP contribution in [0.3, 0.4) is 0 Å². The molecule has 0 saturated heterocycles. The lowest BCUT2D eigenvalue weighted by Gasteiger charge is -2.30. The number of fused-ring (bicyclic) bond motifs is 1. The third-order valence-corrected chi connectivity index (χ3v) is 4.82. The third kappa shape index (κ3) is 2.09. The summed E-state index contributed by atoms with van der Waals surface area (Å²) < 4.78 is 5.61. The quantitative estimate of drug-likeness (QED) is 0.919. The number of nitriles is 1. The van der Waals surface area contributed by atoms with Gasteiger partial charge < -0.3 is 10.2 Å². The van der Waals surface area contributed by atoms with Gasteiger partial charge in [0.15, 0.2) is 0 Å². The molecule has 20 heavy (non-hydrogen) atoms. The van der Waals surface area contributed by atoms with Gasteiger partial charge in [-0.3, -0.25) is 4.90 Å². The number of anilines is 1. The largest absolute Gasteiger partial charge is 0.444 e. The molecule has 0 amide bonds. The summed E-state index contributed by atoms with van der Waals surface area (Å²) in [5.41, 5.74) is 7.71. The topological polar surface area (TPSA) is 79.1 Å². The molecule has 0 aliphatic carbocycles. The van der Waals surface area contributed by atoms with Crippen LogP contribution >= 0.6 is 11.3 Å². The van der Waals surface area contributed by atoms with Gasteiger partial charge in [-0.2, -0.15) is 5.26 Å². The van der Waals surface area contributed by atoms with E-state index in [2.05, 4.69) is 22.9 Å². The van der Waals surface area contributed by atoms with Gasteiger partial charge in [0.05, 0.1) is 17.8 Å². The Hall–Kier alpha value is -1.84. The molecular weight excluding hydrogens is 272 g/mol. The lowest BCUT2D eigenvalue weighted by Crippen LogP contribution is -2.32. The van der Waals surface area contributed by atoms with Gasteiger partial charge >= 0.3 is 0 Å². The average molecular weight is 288 g/mol. The summed E-state index contributed by atoms with van der Waals surface area (Å²) in [6, 6.07) is 2.35. The molecule has 0 spiro atoms. The molecule has 2 N–H and O–H groups in total. The third-order valence-electron chi connectivity index (χ3n) is 3.77. The Bertz CT molecular complexity index is 682. The Kier molecular flexibility index (Phi) is 3.24. The Morgan fingerprint density at radius 2 is 2.40 bits per heavy atom. The van der Waals surface area contributed by atoms with Crippen LogP contribution in [0.15, 0.2) is 10.6 Å². The molecule has 1 aliphatic heterocycles. The Labute approximate surface area is 121 Å². The monoisotopic (exact) mass is 288 g/mol. The van der Waals surface area contributed by atoms with Gasteiger partial charge in [0.1, 0.15) is 16.8 Å². The van der Waals surface area contributed by atoms with Gasteiger partial charge in [0, 0.05) is 18.0 Å². The van der Waals surface area contributed by atoms with Crippen LogP contribution < -0.4 is 5.73 Å². The molecule has 0 fully saturated rings. The first-order chi connectivity index (χ1) is 9.60. The van der Waals surface area contributed by atoms with Crippen LogP contribution in [0.2, 0.25) is 0 Å². The van der Waals surface area contributed by atoms with Crippen molar-refractivity contribution in [3.05, 3.63) is 33.9 Å². The number of hydrogen-bond acceptors (Lipinski definition) is 6. The van der Waals surface area contributed by atoms with Gasteiger partial charge in [0.2, 0.25) is 5.89 Å². The molecule has 3 rings (SSSR count). The molecule has 5 nitrogen and oxygen atoms in total. The first kappa shape index (κ1) is 13.2. The molecule has 0 bridgehead atoms. The first-order valence-corrected chi connectivity index (χ1v) is 7.38. The maximum absolute atomic E-state index is 9.16. The van der Waals surface area contributed by atoms with Crippen molar-refractivity contribution in [2.24, 2.45) is 0 Å². The van der Waals surface area contributed by atoms with E-state index in [0.717, 1.165) is 36.7 Å². The van der Waals surface area contributed by atoms with Crippen molar-refractivity contribution >= 4 is 16.3 Å². The number of aryl methyl sites for hydroxylation is 1. The summed E-state index contributed by atoms with van der Waals surface area (Å²) in [7, 11) is 0. The van der Waals surface area contributed by atoms with Crippen LogP contribution in [-0.4, -0.2) is 16.4 Å². The smallest absolute Gasteiger partial charge is 0.211 e. The maximum Gasteiger partial charge on any atom is 0.211 e. The highest BCUT2D eigenvalue weighted by atomic mass is 32.1. The van der Waals surface area contributed by atoms with Crippen LogP contribution in [-0.2, 0) is 13.0 Å². The maximum atomic E-state index is 9.16. The molecule has 2 aromatic heterocycles. The van der Waals surface area contributed by atoms with E-state index in [1.807, 2.05) is 6.92 Å². The molecule has 0 radical (unpaired) electrons. The van der Waals surface area contributed by atoms with E-state index in [0.29, 0.717) is 10.6 Å². The van der Waals surface area contributed by atoms with E-state index < -0.39 is 0 Å². The number of nitrogens with zero attached hydrogens (tertiary/aromatic N) is 3. The molecule has 6 heteroatoms. The van der Waals surface area contributed by atoms with E-state index in [9.17, 15) is 0 Å². The Morgan fingerprint density at radius 3 is 3.05 bits per heavy atom. The van der Waals surface area contributed by atoms with Crippen molar-refractivity contribution in [1.82, 2.24) is 9.88 Å². The Balaban J connectivity index is 1.84. The van der Waals surface area contributed by atoms with Crippen molar-refractivity contribution in [3.8, 4) is 6.07 Å². The van der Waals surface area contributed by atoms with E-state index in [4.69, 9.17) is 15.4 Å². The number of rotatable bonds is 2. The lowest BCUT2D eigenvalue weighted by molar-refractivity contribution is 0.167. The number of nitrogens with two attached hydrogens (primary N) is 1. The normalized spacial score (nSPS) is 16.6. The van der Waals surface area contributed by atoms with Gasteiger partial charge in [0.25, 0.3) is 0 Å². The summed E-state index contributed by atoms with van der Waals surface area (Å²) in [4.78, 5) is 7.81. The van der Waals surface area contributed by atoms with Gasteiger partial charge in [-0.05, 0) is 25.8 Å². The number of hydrogen-bond donors (Lipinski definition) is 1. The minimum absolute atomic E-state index is 0.130. The molecule has 0 saturated carbocycles. The second-order valence-electron chi connectivity index (χ2n) is 5.06. The number of aromatic nitrogens is 1. The molecule has 1 unspecified atom stereocenters. The summed E-state index contributed by atoms with van der Waals surface area (Å²) in [5.74, 6) is 1.58. The first-order valence-electron chi connectivity index (χ1n) is 6.56. The van der Waals surface area contributed by atoms with Crippen molar-refractivity contribution in [2.75, 3.05) is 12.3 Å². The molecule has 104 valence electrons. The number of thiophene rings is 1. The van der Waals surface area contributed by atoms with Crippen molar-refractivity contribution in [3.63, 3.8) is 0 Å². The standard InChI is InChI=1S/C14H16N4OS/c1-8-6-17-14(19-8)9(2)18-4-3-10-11(5-15)13(16)20-12(10)7-18/h6,9H,3-4,7,16H2,1-2H3. The van der Waals surface area contributed by atoms with E-state index >= 15 is 0 Å². The van der Waals surface area contributed by atoms with Crippen molar-refractivity contribution < 1.29 is 4.42 Å². The lowest BCUT2D eigenvalue weighted by atomic mass is 10.0. The molecule has 3 heterocycles. The zero-order chi connectivity index (χ0) is 14.3. The second-order valence-corrected chi connectivity index (χ2v) is 6.20. The second kappa shape index (κ2) is 4.93. The molecular formula is C14H16N4OS. The number of oxazole rings is 1. The summed E-state index contributed by atoms with van der Waals surface area (Å²) in [6.45, 7) is 5.68. The average Bonchev–Trinajstić information content (AvgIpc) is 2.99. The van der Waals surface area contributed by atoms with E-state index in [-0.39, 0.29) is 6.04 Å². The fourth-order valence-electron chi connectivity index (χ4n) is 2.62. The van der Waals surface area contributed by atoms with Crippen LogP contribution in [0.4, 0.5) is 5.00 Å². The highest BCUT2D eigenvalue weighted by Crippen LogP contribution is 2.36. The zero-order valence-corrected chi connectivity index (χ0v) is 12.3. The SMILES string of the molecule is Cc1cnc(C(C)N2CCc3c(sc(N)c3C#N)C2)o1. The Morgan fingerprint density at radius 1 is 1.60 bits per heavy atom. The predicted molar refractivity (Wildman–Crippen MR) is 77.2 cm³/mol. The van der Waals surface area contributed by atoms with Crippen LogP contribution in [0.1, 0.15) is 40.6 Å². The van der Waals surface area contributed by atoms with Crippen LogP contribution in [0.5, 0.6) is 0 Å². The van der Waals surface area contributed by atoms with Gasteiger partial charge in [-0.15, -0.1) is 11.3 Å². The predicted octanol–water partition coefficient (Wildman–Crippen LogP) is 2.62. The molecule has 1 aliphatic rings. The fourth-order valence-corrected chi connectivity index (χ4v) is 3.71. The molecule has 2 aromatic rings. The highest BCUT2D eigenvalue weighted by molar-refractivity contribution is 7.16. The summed E-state index contributed by atoms with van der Waals surface area (Å²) >= 11 is 1.53. The number of nitrogen functional groups attached to an aromatic ring is 1. The van der Waals surface area contributed by atoms with Crippen molar-refractivity contribution in [1.29, 1.82) is 5.26 Å². The van der Waals surface area contributed by atoms with E-state index in [1.165, 1.54) is 16.2 Å². The minimum Gasteiger partial charge on any atom is -0.444 e. The minimum atomic E-state index is 0.130. The molecule has 1 atom stereocenters. The summed E-state index contributed by atoms with van der Waals surface area (Å²) in [5, 5.41) is 9.80. The van der Waals surface area contributed by atoms with Gasteiger partial charge in [-0.25, -0.2) is 4.98 Å². The highest BCUT2D eigenvalue weighted by Gasteiger charge is 2.28. The van der Waals surface area contributed by atoms with Crippen molar-refractivity contribution in [2.45, 2.75) is 32.9 Å². The fraction of sp³-hybridized carbons (Fsp3) is 0.429. The van der Waals surface area contributed by atoms with Crippen LogP contribution in [0, 0.1) is 18.3 Å². The molecule has 0 aromatic carbocycles. The van der Waals surface area contributed by atoms with E-state index in [1.54, 1.807) is 6.20 Å².